The number of hydrogen-bond donors (Lipinski definition) is 2. The molecule has 0 spiro atoms. The fourth-order valence-corrected chi connectivity index (χ4v) is 2.93. The van der Waals surface area contributed by atoms with Crippen LogP contribution < -0.4 is 15.8 Å². The number of carbonyl (C=O) groups is 1. The highest BCUT2D eigenvalue weighted by molar-refractivity contribution is 5.78. The monoisotopic (exact) mass is 290 g/mol. The summed E-state index contributed by atoms with van der Waals surface area (Å²) in [5.41, 5.74) is 6.89. The standard InChI is InChI=1S/C17H26N2O2/c1-21-16-8-4-13(5-9-16)10-11-19-17(20)15-6-2-14(12-18)3-7-15/h4-5,8-9,14-15H,2-3,6-7,10-12,18H2,1H3,(H,19,20). The molecule has 1 aromatic rings. The Morgan fingerprint density at radius 1 is 1.24 bits per heavy atom. The summed E-state index contributed by atoms with van der Waals surface area (Å²) in [6, 6.07) is 7.98. The first-order chi connectivity index (χ1) is 10.2. The Hall–Kier alpha value is -1.55. The summed E-state index contributed by atoms with van der Waals surface area (Å²) in [5.74, 6) is 1.87. The molecule has 1 saturated carbocycles. The van der Waals surface area contributed by atoms with Crippen LogP contribution in [0, 0.1) is 11.8 Å². The van der Waals surface area contributed by atoms with Gasteiger partial charge >= 0.3 is 0 Å². The maximum absolute atomic E-state index is 12.1. The van der Waals surface area contributed by atoms with Crippen LogP contribution in [0.3, 0.4) is 0 Å². The Bertz CT molecular complexity index is 437. The molecule has 0 unspecified atom stereocenters. The van der Waals surface area contributed by atoms with Crippen molar-refractivity contribution in [2.75, 3.05) is 20.2 Å². The van der Waals surface area contributed by atoms with E-state index in [-0.39, 0.29) is 11.8 Å². The minimum atomic E-state index is 0.184. The van der Waals surface area contributed by atoms with Gasteiger partial charge in [-0.1, -0.05) is 12.1 Å². The van der Waals surface area contributed by atoms with Crippen LogP contribution >= 0.6 is 0 Å². The third-order valence-electron chi connectivity index (χ3n) is 4.42. The predicted octanol–water partition coefficient (Wildman–Crippen LogP) is 2.12. The van der Waals surface area contributed by atoms with Crippen molar-refractivity contribution in [3.8, 4) is 5.75 Å². The molecule has 1 amide bonds. The lowest BCUT2D eigenvalue weighted by molar-refractivity contribution is -0.126. The Balaban J connectivity index is 1.69. The van der Waals surface area contributed by atoms with Crippen LogP contribution in [-0.2, 0) is 11.2 Å². The zero-order chi connectivity index (χ0) is 15.1. The molecule has 116 valence electrons. The van der Waals surface area contributed by atoms with Gasteiger partial charge in [0.1, 0.15) is 5.75 Å². The van der Waals surface area contributed by atoms with Crippen molar-refractivity contribution < 1.29 is 9.53 Å². The molecule has 3 N–H and O–H groups in total. The van der Waals surface area contributed by atoms with Crippen molar-refractivity contribution in [1.82, 2.24) is 5.32 Å². The van der Waals surface area contributed by atoms with E-state index in [2.05, 4.69) is 5.32 Å². The molecule has 0 bridgehead atoms. The number of ether oxygens (including phenoxy) is 1. The molecule has 2 rings (SSSR count). The largest absolute Gasteiger partial charge is 0.497 e. The number of benzene rings is 1. The number of nitrogens with one attached hydrogen (secondary N) is 1. The highest BCUT2D eigenvalue weighted by Gasteiger charge is 2.25. The van der Waals surface area contributed by atoms with E-state index in [4.69, 9.17) is 10.5 Å². The second-order valence-corrected chi connectivity index (χ2v) is 5.84. The van der Waals surface area contributed by atoms with Crippen LogP contribution in [0.4, 0.5) is 0 Å². The van der Waals surface area contributed by atoms with Gasteiger partial charge in [0.15, 0.2) is 0 Å². The summed E-state index contributed by atoms with van der Waals surface area (Å²) in [4.78, 5) is 12.1. The van der Waals surface area contributed by atoms with Gasteiger partial charge in [-0.2, -0.15) is 0 Å². The highest BCUT2D eigenvalue weighted by atomic mass is 16.5. The lowest BCUT2D eigenvalue weighted by Gasteiger charge is -2.26. The van der Waals surface area contributed by atoms with Gasteiger partial charge in [0.2, 0.25) is 5.91 Å². The van der Waals surface area contributed by atoms with E-state index >= 15 is 0 Å². The van der Waals surface area contributed by atoms with Crippen molar-refractivity contribution >= 4 is 5.91 Å². The summed E-state index contributed by atoms with van der Waals surface area (Å²) in [6.45, 7) is 1.45. The van der Waals surface area contributed by atoms with Gasteiger partial charge in [-0.15, -0.1) is 0 Å². The molecule has 1 aliphatic carbocycles. The van der Waals surface area contributed by atoms with Gasteiger partial charge in [0.05, 0.1) is 7.11 Å². The quantitative estimate of drug-likeness (QED) is 0.843. The van der Waals surface area contributed by atoms with Crippen molar-refractivity contribution in [3.63, 3.8) is 0 Å². The molecular formula is C17H26N2O2. The molecule has 4 nitrogen and oxygen atoms in total. The van der Waals surface area contributed by atoms with Crippen molar-refractivity contribution in [1.29, 1.82) is 0 Å². The molecule has 1 fully saturated rings. The molecule has 21 heavy (non-hydrogen) atoms. The maximum atomic E-state index is 12.1. The number of hydrogen-bond acceptors (Lipinski definition) is 3. The van der Waals surface area contributed by atoms with Crippen molar-refractivity contribution in [3.05, 3.63) is 29.8 Å². The van der Waals surface area contributed by atoms with E-state index < -0.39 is 0 Å². The molecule has 0 heterocycles. The number of methoxy groups -OCH3 is 1. The number of amides is 1. The molecule has 0 aliphatic heterocycles. The highest BCUT2D eigenvalue weighted by Crippen LogP contribution is 2.28. The topological polar surface area (TPSA) is 64.3 Å². The lowest BCUT2D eigenvalue weighted by Crippen LogP contribution is -2.35. The normalized spacial score (nSPS) is 21.8. The van der Waals surface area contributed by atoms with Crippen LogP contribution in [0.5, 0.6) is 5.75 Å². The molecule has 0 radical (unpaired) electrons. The number of rotatable bonds is 6. The fraction of sp³-hybridized carbons (Fsp3) is 0.588. The first-order valence-corrected chi connectivity index (χ1v) is 7.83. The summed E-state index contributed by atoms with van der Waals surface area (Å²) >= 11 is 0. The van der Waals surface area contributed by atoms with E-state index in [1.54, 1.807) is 7.11 Å². The lowest BCUT2D eigenvalue weighted by atomic mass is 9.81. The Kier molecular flexibility index (Phi) is 6.05. The van der Waals surface area contributed by atoms with Crippen LogP contribution in [0.15, 0.2) is 24.3 Å². The zero-order valence-corrected chi connectivity index (χ0v) is 12.8. The second-order valence-electron chi connectivity index (χ2n) is 5.84. The van der Waals surface area contributed by atoms with Gasteiger partial charge in [0, 0.05) is 12.5 Å². The number of carbonyl (C=O) groups excluding carboxylic acids is 1. The Labute approximate surface area is 127 Å². The van der Waals surface area contributed by atoms with E-state index in [1.807, 2.05) is 24.3 Å². The SMILES string of the molecule is COc1ccc(CCNC(=O)C2CCC(CN)CC2)cc1. The maximum Gasteiger partial charge on any atom is 0.223 e. The molecule has 1 aromatic carbocycles. The molecule has 4 heteroatoms. The summed E-state index contributed by atoms with van der Waals surface area (Å²) in [7, 11) is 1.66. The summed E-state index contributed by atoms with van der Waals surface area (Å²) in [6.07, 6.45) is 5.00. The predicted molar refractivity (Wildman–Crippen MR) is 84.2 cm³/mol. The summed E-state index contributed by atoms with van der Waals surface area (Å²) in [5, 5.41) is 3.06. The third-order valence-corrected chi connectivity index (χ3v) is 4.42. The van der Waals surface area contributed by atoms with Crippen molar-refractivity contribution in [2.24, 2.45) is 17.6 Å². The van der Waals surface area contributed by atoms with E-state index in [1.165, 1.54) is 5.56 Å². The smallest absolute Gasteiger partial charge is 0.223 e. The second kappa shape index (κ2) is 8.03. The van der Waals surface area contributed by atoms with Crippen LogP contribution in [0.1, 0.15) is 31.2 Å². The van der Waals surface area contributed by atoms with Gasteiger partial charge in [0.25, 0.3) is 0 Å². The van der Waals surface area contributed by atoms with Gasteiger partial charge < -0.3 is 15.8 Å². The Morgan fingerprint density at radius 3 is 2.48 bits per heavy atom. The summed E-state index contributed by atoms with van der Waals surface area (Å²) < 4.78 is 5.13. The van der Waals surface area contributed by atoms with Crippen LogP contribution in [-0.4, -0.2) is 26.1 Å². The van der Waals surface area contributed by atoms with E-state index in [0.717, 1.165) is 44.4 Å². The van der Waals surface area contributed by atoms with E-state index in [9.17, 15) is 4.79 Å². The van der Waals surface area contributed by atoms with Crippen LogP contribution in [0.25, 0.3) is 0 Å². The van der Waals surface area contributed by atoms with Gasteiger partial charge in [-0.3, -0.25) is 4.79 Å². The number of nitrogens with two attached hydrogens (primary N) is 1. The van der Waals surface area contributed by atoms with Crippen LogP contribution in [0.2, 0.25) is 0 Å². The zero-order valence-electron chi connectivity index (χ0n) is 12.8. The van der Waals surface area contributed by atoms with Gasteiger partial charge in [-0.25, -0.2) is 0 Å². The first kappa shape index (κ1) is 15.8. The van der Waals surface area contributed by atoms with E-state index in [0.29, 0.717) is 12.5 Å². The van der Waals surface area contributed by atoms with Crippen molar-refractivity contribution in [2.45, 2.75) is 32.1 Å². The Morgan fingerprint density at radius 2 is 1.90 bits per heavy atom. The third kappa shape index (κ3) is 4.74. The minimum Gasteiger partial charge on any atom is -0.497 e. The average Bonchev–Trinajstić information content (AvgIpc) is 2.55. The molecule has 1 aliphatic rings. The molecule has 0 aromatic heterocycles. The van der Waals surface area contributed by atoms with Gasteiger partial charge in [-0.05, 0) is 62.3 Å². The minimum absolute atomic E-state index is 0.184. The molecule has 0 atom stereocenters. The molecular weight excluding hydrogens is 264 g/mol. The molecule has 0 saturated heterocycles. The first-order valence-electron chi connectivity index (χ1n) is 7.83. The fourth-order valence-electron chi connectivity index (χ4n) is 2.93. The average molecular weight is 290 g/mol.